The van der Waals surface area contributed by atoms with Gasteiger partial charge < -0.3 is 16.0 Å². The van der Waals surface area contributed by atoms with Crippen LogP contribution in [-0.4, -0.2) is 41.1 Å². The van der Waals surface area contributed by atoms with Crippen LogP contribution in [0.25, 0.3) is 0 Å². The number of anilines is 1. The van der Waals surface area contributed by atoms with E-state index in [9.17, 15) is 0 Å². The zero-order chi connectivity index (χ0) is 13.5. The van der Waals surface area contributed by atoms with Crippen LogP contribution in [0.15, 0.2) is 18.5 Å². The van der Waals surface area contributed by atoms with Gasteiger partial charge in [0.25, 0.3) is 0 Å². The first-order valence-corrected chi connectivity index (χ1v) is 6.61. The van der Waals surface area contributed by atoms with Crippen molar-refractivity contribution >= 4 is 22.9 Å². The molecule has 18 heavy (non-hydrogen) atoms. The third-order valence-electron chi connectivity index (χ3n) is 2.97. The van der Waals surface area contributed by atoms with Crippen LogP contribution in [0.5, 0.6) is 0 Å². The number of hydrogen-bond donors (Lipinski definition) is 2. The molecular weight excluding hydrogens is 244 g/mol. The molecule has 0 spiro atoms. The minimum atomic E-state index is 0.402. The maximum Gasteiger partial charge on any atom is 0.106 e. The Labute approximate surface area is 115 Å². The van der Waals surface area contributed by atoms with E-state index in [2.05, 4.69) is 36.1 Å². The summed E-state index contributed by atoms with van der Waals surface area (Å²) in [6.45, 7) is 6.34. The summed E-state index contributed by atoms with van der Waals surface area (Å²) >= 11 is 5.01. The molecule has 4 nitrogen and oxygen atoms in total. The molecule has 0 unspecified atom stereocenters. The molecule has 0 bridgehead atoms. The summed E-state index contributed by atoms with van der Waals surface area (Å²) in [4.78, 5) is 6.80. The molecule has 0 aromatic carbocycles. The number of nitrogens with one attached hydrogen (secondary N) is 1. The van der Waals surface area contributed by atoms with Crippen LogP contribution in [0.4, 0.5) is 5.69 Å². The predicted octanol–water partition coefficient (Wildman–Crippen LogP) is 1.86. The van der Waals surface area contributed by atoms with E-state index in [1.54, 1.807) is 12.4 Å². The van der Waals surface area contributed by atoms with Crippen LogP contribution >= 0.6 is 12.2 Å². The fourth-order valence-corrected chi connectivity index (χ4v) is 1.74. The number of aromatic nitrogens is 1. The van der Waals surface area contributed by atoms with E-state index in [0.717, 1.165) is 30.8 Å². The fourth-order valence-electron chi connectivity index (χ4n) is 1.56. The summed E-state index contributed by atoms with van der Waals surface area (Å²) in [5, 5.41) is 3.33. The first-order chi connectivity index (χ1) is 8.52. The number of pyridine rings is 1. The highest BCUT2D eigenvalue weighted by molar-refractivity contribution is 7.80. The minimum Gasteiger partial charge on any atom is -0.389 e. The van der Waals surface area contributed by atoms with Crippen LogP contribution in [0, 0.1) is 0 Å². The molecule has 0 aliphatic rings. The van der Waals surface area contributed by atoms with Crippen molar-refractivity contribution in [2.45, 2.75) is 26.3 Å². The lowest BCUT2D eigenvalue weighted by molar-refractivity contribution is 0.273. The monoisotopic (exact) mass is 266 g/mol. The molecule has 0 aliphatic heterocycles. The number of rotatable bonds is 7. The topological polar surface area (TPSA) is 54.2 Å². The predicted molar refractivity (Wildman–Crippen MR) is 81.0 cm³/mol. The molecule has 1 aromatic heterocycles. The maximum atomic E-state index is 5.66. The first-order valence-electron chi connectivity index (χ1n) is 6.20. The van der Waals surface area contributed by atoms with Gasteiger partial charge in [-0.25, -0.2) is 0 Å². The van der Waals surface area contributed by atoms with Crippen molar-refractivity contribution in [3.8, 4) is 0 Å². The van der Waals surface area contributed by atoms with Gasteiger partial charge in [-0.2, -0.15) is 0 Å². The van der Waals surface area contributed by atoms with E-state index in [0.29, 0.717) is 11.0 Å². The minimum absolute atomic E-state index is 0.402. The largest absolute Gasteiger partial charge is 0.389 e. The van der Waals surface area contributed by atoms with Crippen LogP contribution < -0.4 is 11.1 Å². The van der Waals surface area contributed by atoms with Crippen molar-refractivity contribution in [1.82, 2.24) is 9.88 Å². The molecule has 0 amide bonds. The summed E-state index contributed by atoms with van der Waals surface area (Å²) < 4.78 is 0. The van der Waals surface area contributed by atoms with E-state index in [4.69, 9.17) is 18.0 Å². The highest BCUT2D eigenvalue weighted by Crippen LogP contribution is 2.12. The Morgan fingerprint density at radius 1 is 1.56 bits per heavy atom. The third-order valence-corrected chi connectivity index (χ3v) is 3.19. The zero-order valence-electron chi connectivity index (χ0n) is 11.3. The molecule has 1 heterocycles. The summed E-state index contributed by atoms with van der Waals surface area (Å²) in [6.07, 6.45) is 4.53. The Bertz CT molecular complexity index is 392. The summed E-state index contributed by atoms with van der Waals surface area (Å²) in [5.41, 5.74) is 7.43. The Morgan fingerprint density at radius 2 is 2.28 bits per heavy atom. The number of hydrogen-bond acceptors (Lipinski definition) is 4. The number of thiocarbonyl (C=S) groups is 1. The lowest BCUT2D eigenvalue weighted by Crippen LogP contribution is -2.28. The molecule has 3 N–H and O–H groups in total. The Hall–Kier alpha value is -1.20. The lowest BCUT2D eigenvalue weighted by atomic mass is 10.2. The average molecular weight is 266 g/mol. The summed E-state index contributed by atoms with van der Waals surface area (Å²) in [7, 11) is 2.13. The molecule has 0 saturated carbocycles. The van der Waals surface area contributed by atoms with Gasteiger partial charge in [0.2, 0.25) is 0 Å². The van der Waals surface area contributed by atoms with E-state index < -0.39 is 0 Å². The van der Waals surface area contributed by atoms with Gasteiger partial charge >= 0.3 is 0 Å². The molecular formula is C13H22N4S. The quantitative estimate of drug-likeness (QED) is 0.583. The van der Waals surface area contributed by atoms with Gasteiger partial charge in [-0.3, -0.25) is 4.98 Å². The van der Waals surface area contributed by atoms with Gasteiger partial charge in [-0.15, -0.1) is 0 Å². The van der Waals surface area contributed by atoms with Gasteiger partial charge in [-0.1, -0.05) is 12.2 Å². The zero-order valence-corrected chi connectivity index (χ0v) is 12.1. The molecule has 0 aliphatic carbocycles. The van der Waals surface area contributed by atoms with Crippen molar-refractivity contribution in [2.75, 3.05) is 25.5 Å². The molecule has 0 fully saturated rings. The van der Waals surface area contributed by atoms with Crippen LogP contribution in [0.1, 0.15) is 25.8 Å². The van der Waals surface area contributed by atoms with Crippen molar-refractivity contribution in [3.63, 3.8) is 0 Å². The molecule has 1 aromatic rings. The van der Waals surface area contributed by atoms with Crippen LogP contribution in [0.2, 0.25) is 0 Å². The van der Waals surface area contributed by atoms with Gasteiger partial charge in [0, 0.05) is 24.3 Å². The van der Waals surface area contributed by atoms with Crippen LogP contribution in [-0.2, 0) is 0 Å². The highest BCUT2D eigenvalue weighted by atomic mass is 32.1. The Morgan fingerprint density at radius 3 is 2.89 bits per heavy atom. The number of nitrogens with zero attached hydrogens (tertiary/aromatic N) is 2. The molecule has 0 atom stereocenters. The van der Waals surface area contributed by atoms with Gasteiger partial charge in [0.05, 0.1) is 11.9 Å². The van der Waals surface area contributed by atoms with Gasteiger partial charge in [0.1, 0.15) is 4.99 Å². The molecule has 1 rings (SSSR count). The molecule has 0 saturated heterocycles. The number of nitrogens with two attached hydrogens (primary N) is 1. The summed E-state index contributed by atoms with van der Waals surface area (Å²) in [5.74, 6) is 0. The normalized spacial score (nSPS) is 10.9. The second kappa shape index (κ2) is 7.28. The van der Waals surface area contributed by atoms with E-state index in [-0.39, 0.29) is 0 Å². The highest BCUT2D eigenvalue weighted by Gasteiger charge is 2.05. The average Bonchev–Trinajstić information content (AvgIpc) is 2.34. The maximum absolute atomic E-state index is 5.66. The second-order valence-corrected chi connectivity index (χ2v) is 5.08. The van der Waals surface area contributed by atoms with Gasteiger partial charge in [-0.05, 0) is 39.9 Å². The van der Waals surface area contributed by atoms with Crippen molar-refractivity contribution < 1.29 is 0 Å². The van der Waals surface area contributed by atoms with Gasteiger partial charge in [0.15, 0.2) is 0 Å². The van der Waals surface area contributed by atoms with Crippen molar-refractivity contribution in [3.05, 3.63) is 24.0 Å². The first kappa shape index (κ1) is 14.9. The molecule has 100 valence electrons. The Balaban J connectivity index is 2.42. The Kier molecular flexibility index (Phi) is 6.01. The van der Waals surface area contributed by atoms with E-state index in [1.807, 2.05) is 6.07 Å². The lowest BCUT2D eigenvalue weighted by Gasteiger charge is -2.21. The molecule has 0 radical (unpaired) electrons. The van der Waals surface area contributed by atoms with Crippen LogP contribution in [0.3, 0.4) is 0 Å². The fraction of sp³-hybridized carbons (Fsp3) is 0.538. The third kappa shape index (κ3) is 4.58. The van der Waals surface area contributed by atoms with E-state index in [1.165, 1.54) is 0 Å². The standard InChI is InChI=1S/C13H22N4S/c1-10(2)17(3)8-4-6-16-12-9-15-7-5-11(12)13(14)18/h5,7,9-10,16H,4,6,8H2,1-3H3,(H2,14,18). The summed E-state index contributed by atoms with van der Waals surface area (Å²) in [6, 6.07) is 2.42. The smallest absolute Gasteiger partial charge is 0.106 e. The molecule has 5 heteroatoms. The van der Waals surface area contributed by atoms with Crippen molar-refractivity contribution in [1.29, 1.82) is 0 Å². The SMILES string of the molecule is CC(C)N(C)CCCNc1cnccc1C(N)=S. The second-order valence-electron chi connectivity index (χ2n) is 4.64. The van der Waals surface area contributed by atoms with E-state index >= 15 is 0 Å². The van der Waals surface area contributed by atoms with Crippen molar-refractivity contribution in [2.24, 2.45) is 5.73 Å².